The van der Waals surface area contributed by atoms with Crippen LogP contribution in [-0.2, 0) is 21.4 Å². The summed E-state index contributed by atoms with van der Waals surface area (Å²) in [4.78, 5) is 18.9. The van der Waals surface area contributed by atoms with Crippen LogP contribution in [0.4, 0.5) is 5.13 Å². The van der Waals surface area contributed by atoms with E-state index in [2.05, 4.69) is 25.7 Å². The highest BCUT2D eigenvalue weighted by Crippen LogP contribution is 2.34. The molecule has 1 aliphatic rings. The largest absolute Gasteiger partial charge is 0.481 e. The number of carboxylic acids is 1. The summed E-state index contributed by atoms with van der Waals surface area (Å²) in [6.07, 6.45) is 0.720. The number of morpholine rings is 1. The van der Waals surface area contributed by atoms with E-state index in [9.17, 15) is 4.79 Å². The summed E-state index contributed by atoms with van der Waals surface area (Å²) in [5, 5.41) is 9.88. The summed E-state index contributed by atoms with van der Waals surface area (Å²) >= 11 is 1.63. The minimum absolute atomic E-state index is 0.0606. The monoisotopic (exact) mass is 298 g/mol. The van der Waals surface area contributed by atoms with E-state index in [0.717, 1.165) is 42.0 Å². The van der Waals surface area contributed by atoms with Crippen LogP contribution in [0, 0.1) is 0 Å². The molecule has 2 heterocycles. The molecule has 0 aliphatic carbocycles. The van der Waals surface area contributed by atoms with Gasteiger partial charge in [-0.3, -0.25) is 4.79 Å². The number of aryl methyl sites for hydroxylation is 1. The van der Waals surface area contributed by atoms with Gasteiger partial charge in [-0.1, -0.05) is 20.8 Å². The molecule has 0 spiro atoms. The van der Waals surface area contributed by atoms with E-state index in [0.29, 0.717) is 6.42 Å². The average Bonchev–Trinajstić information content (AvgIpc) is 2.81. The van der Waals surface area contributed by atoms with Crippen molar-refractivity contribution in [2.45, 2.75) is 39.0 Å². The standard InChI is InChI=1S/C14H22N2O3S/c1-14(2,3)12-10(4-5-11(17)18)20-13(15-12)16-6-8-19-9-7-16/h4-9H2,1-3H3,(H,17,18). The van der Waals surface area contributed by atoms with Crippen molar-refractivity contribution in [3.05, 3.63) is 10.6 Å². The molecule has 0 unspecified atom stereocenters. The van der Waals surface area contributed by atoms with Gasteiger partial charge in [0.15, 0.2) is 5.13 Å². The van der Waals surface area contributed by atoms with Crippen LogP contribution in [0.1, 0.15) is 37.8 Å². The molecule has 0 bridgehead atoms. The van der Waals surface area contributed by atoms with Gasteiger partial charge in [0.25, 0.3) is 0 Å². The molecule has 0 atom stereocenters. The van der Waals surface area contributed by atoms with Crippen LogP contribution in [0.2, 0.25) is 0 Å². The molecule has 5 nitrogen and oxygen atoms in total. The first kappa shape index (κ1) is 15.3. The Bertz CT molecular complexity index is 473. The summed E-state index contributed by atoms with van der Waals surface area (Å²) in [6.45, 7) is 9.54. The van der Waals surface area contributed by atoms with Gasteiger partial charge in [0.2, 0.25) is 0 Å². The number of rotatable bonds is 4. The molecular formula is C14H22N2O3S. The molecule has 0 aromatic carbocycles. The number of carbonyl (C=O) groups is 1. The van der Waals surface area contributed by atoms with Crippen LogP contribution in [0.3, 0.4) is 0 Å². The Labute approximate surface area is 123 Å². The van der Waals surface area contributed by atoms with Crippen molar-refractivity contribution >= 4 is 22.4 Å². The van der Waals surface area contributed by atoms with Crippen LogP contribution in [-0.4, -0.2) is 42.4 Å². The van der Waals surface area contributed by atoms with E-state index in [1.165, 1.54) is 0 Å². The van der Waals surface area contributed by atoms with Gasteiger partial charge in [-0.2, -0.15) is 0 Å². The molecule has 112 valence electrons. The molecule has 0 radical (unpaired) electrons. The number of hydrogen-bond donors (Lipinski definition) is 1. The Hall–Kier alpha value is -1.14. The summed E-state index contributed by atoms with van der Waals surface area (Å²) < 4.78 is 5.36. The highest BCUT2D eigenvalue weighted by Gasteiger charge is 2.25. The van der Waals surface area contributed by atoms with Gasteiger partial charge >= 0.3 is 5.97 Å². The second-order valence-electron chi connectivity index (χ2n) is 6.01. The van der Waals surface area contributed by atoms with Gasteiger partial charge in [-0.15, -0.1) is 11.3 Å². The smallest absolute Gasteiger partial charge is 0.303 e. The summed E-state index contributed by atoms with van der Waals surface area (Å²) in [5.41, 5.74) is 0.972. The van der Waals surface area contributed by atoms with Crippen LogP contribution in [0.15, 0.2) is 0 Å². The number of aromatic nitrogens is 1. The van der Waals surface area contributed by atoms with Gasteiger partial charge in [-0.05, 0) is 6.42 Å². The molecule has 2 rings (SSSR count). The van der Waals surface area contributed by atoms with E-state index in [-0.39, 0.29) is 11.8 Å². The molecule has 6 heteroatoms. The second-order valence-corrected chi connectivity index (χ2v) is 7.07. The Morgan fingerprint density at radius 3 is 2.60 bits per heavy atom. The lowest BCUT2D eigenvalue weighted by Gasteiger charge is -2.26. The average molecular weight is 298 g/mol. The maximum absolute atomic E-state index is 10.8. The molecule has 1 aliphatic heterocycles. The molecule has 0 amide bonds. The predicted octanol–water partition coefficient (Wildman–Crippen LogP) is 2.29. The van der Waals surface area contributed by atoms with Crippen molar-refractivity contribution in [1.29, 1.82) is 0 Å². The zero-order valence-corrected chi connectivity index (χ0v) is 13.1. The summed E-state index contributed by atoms with van der Waals surface area (Å²) in [6, 6.07) is 0. The van der Waals surface area contributed by atoms with Crippen molar-refractivity contribution in [2.75, 3.05) is 31.2 Å². The topological polar surface area (TPSA) is 62.7 Å². The molecule has 1 aromatic rings. The fraction of sp³-hybridized carbons (Fsp3) is 0.714. The molecule has 1 fully saturated rings. The lowest BCUT2D eigenvalue weighted by atomic mass is 9.90. The van der Waals surface area contributed by atoms with Crippen molar-refractivity contribution in [2.24, 2.45) is 0 Å². The van der Waals surface area contributed by atoms with Gasteiger partial charge in [0, 0.05) is 23.4 Å². The van der Waals surface area contributed by atoms with Gasteiger partial charge in [-0.25, -0.2) is 4.98 Å². The third-order valence-electron chi connectivity index (χ3n) is 3.24. The van der Waals surface area contributed by atoms with E-state index in [1.807, 2.05) is 0 Å². The first-order valence-corrected chi connectivity index (χ1v) is 7.74. The quantitative estimate of drug-likeness (QED) is 0.924. The molecule has 20 heavy (non-hydrogen) atoms. The summed E-state index contributed by atoms with van der Waals surface area (Å²) in [5.74, 6) is -0.758. The number of aliphatic carboxylic acids is 1. The van der Waals surface area contributed by atoms with E-state index in [4.69, 9.17) is 14.8 Å². The highest BCUT2D eigenvalue weighted by molar-refractivity contribution is 7.15. The normalized spacial score (nSPS) is 16.4. The Morgan fingerprint density at radius 2 is 2.05 bits per heavy atom. The minimum atomic E-state index is -0.758. The summed E-state index contributed by atoms with van der Waals surface area (Å²) in [7, 11) is 0. The van der Waals surface area contributed by atoms with Gasteiger partial charge in [0.05, 0.1) is 25.3 Å². The van der Waals surface area contributed by atoms with E-state index in [1.54, 1.807) is 11.3 Å². The Balaban J connectivity index is 2.23. The lowest BCUT2D eigenvalue weighted by molar-refractivity contribution is -0.136. The number of carboxylic acid groups (broad SMARTS) is 1. The molecule has 1 saturated heterocycles. The maximum atomic E-state index is 10.8. The van der Waals surface area contributed by atoms with Crippen LogP contribution >= 0.6 is 11.3 Å². The third-order valence-corrected chi connectivity index (χ3v) is 4.42. The number of hydrogen-bond acceptors (Lipinski definition) is 5. The zero-order chi connectivity index (χ0) is 14.8. The fourth-order valence-electron chi connectivity index (χ4n) is 2.21. The molecule has 0 saturated carbocycles. The Morgan fingerprint density at radius 1 is 1.40 bits per heavy atom. The number of ether oxygens (including phenoxy) is 1. The lowest BCUT2D eigenvalue weighted by Crippen LogP contribution is -2.36. The maximum Gasteiger partial charge on any atom is 0.303 e. The highest BCUT2D eigenvalue weighted by atomic mass is 32.1. The first-order valence-electron chi connectivity index (χ1n) is 6.92. The van der Waals surface area contributed by atoms with Crippen LogP contribution in [0.5, 0.6) is 0 Å². The number of anilines is 1. The van der Waals surface area contributed by atoms with Crippen molar-refractivity contribution in [3.63, 3.8) is 0 Å². The van der Waals surface area contributed by atoms with E-state index >= 15 is 0 Å². The molecule has 1 aromatic heterocycles. The minimum Gasteiger partial charge on any atom is -0.481 e. The predicted molar refractivity (Wildman–Crippen MR) is 79.8 cm³/mol. The van der Waals surface area contributed by atoms with Crippen LogP contribution < -0.4 is 4.90 Å². The van der Waals surface area contributed by atoms with Crippen LogP contribution in [0.25, 0.3) is 0 Å². The third kappa shape index (κ3) is 3.70. The zero-order valence-electron chi connectivity index (χ0n) is 12.3. The second kappa shape index (κ2) is 6.10. The van der Waals surface area contributed by atoms with E-state index < -0.39 is 5.97 Å². The SMILES string of the molecule is CC(C)(C)c1nc(N2CCOCC2)sc1CCC(=O)O. The number of thiazole rings is 1. The fourth-order valence-corrected chi connectivity index (χ4v) is 3.53. The van der Waals surface area contributed by atoms with Gasteiger partial charge < -0.3 is 14.7 Å². The molecular weight excluding hydrogens is 276 g/mol. The first-order chi connectivity index (χ1) is 9.38. The number of nitrogens with zero attached hydrogens (tertiary/aromatic N) is 2. The molecule has 1 N–H and O–H groups in total. The van der Waals surface area contributed by atoms with Crippen molar-refractivity contribution in [3.8, 4) is 0 Å². The van der Waals surface area contributed by atoms with Crippen molar-refractivity contribution < 1.29 is 14.6 Å². The Kier molecular flexibility index (Phi) is 4.65. The van der Waals surface area contributed by atoms with Crippen molar-refractivity contribution in [1.82, 2.24) is 4.98 Å². The van der Waals surface area contributed by atoms with Gasteiger partial charge in [0.1, 0.15) is 0 Å².